The maximum Gasteiger partial charge on any atom is 0.232 e. The van der Waals surface area contributed by atoms with E-state index in [1.807, 2.05) is 13.8 Å². The summed E-state index contributed by atoms with van der Waals surface area (Å²) in [5.41, 5.74) is 1.47. The summed E-state index contributed by atoms with van der Waals surface area (Å²) >= 11 is 0. The van der Waals surface area contributed by atoms with Gasteiger partial charge in [-0.15, -0.1) is 0 Å². The van der Waals surface area contributed by atoms with Gasteiger partial charge in [-0.3, -0.25) is 9.59 Å². The van der Waals surface area contributed by atoms with Gasteiger partial charge in [-0.05, 0) is 44.4 Å². The van der Waals surface area contributed by atoms with Gasteiger partial charge in [-0.25, -0.2) is 4.39 Å². The molecule has 6 nitrogen and oxygen atoms in total. The summed E-state index contributed by atoms with van der Waals surface area (Å²) in [7, 11) is 0. The molecule has 2 amide bonds. The van der Waals surface area contributed by atoms with Crippen molar-refractivity contribution < 1.29 is 18.5 Å². The maximum atomic E-state index is 13.4. The Balaban J connectivity index is 1.63. The molecule has 142 valence electrons. The number of hydrogen-bond acceptors (Lipinski definition) is 4. The molecule has 2 fully saturated rings. The van der Waals surface area contributed by atoms with Crippen molar-refractivity contribution in [1.29, 1.82) is 0 Å². The van der Waals surface area contributed by atoms with Crippen LogP contribution in [-0.4, -0.2) is 34.5 Å². The smallest absolute Gasteiger partial charge is 0.232 e. The van der Waals surface area contributed by atoms with Crippen LogP contribution in [0, 0.1) is 19.7 Å². The lowest BCUT2D eigenvalue weighted by Gasteiger charge is -2.29. The fourth-order valence-corrected chi connectivity index (χ4v) is 4.35. The summed E-state index contributed by atoms with van der Waals surface area (Å²) in [6.07, 6.45) is 1.85. The van der Waals surface area contributed by atoms with Crippen molar-refractivity contribution in [2.24, 2.45) is 0 Å². The van der Waals surface area contributed by atoms with Crippen molar-refractivity contribution in [3.63, 3.8) is 0 Å². The Morgan fingerprint density at radius 1 is 1.37 bits per heavy atom. The van der Waals surface area contributed by atoms with Crippen LogP contribution in [0.3, 0.4) is 0 Å². The van der Waals surface area contributed by atoms with Gasteiger partial charge in [0.2, 0.25) is 11.8 Å². The number of benzene rings is 1. The minimum atomic E-state index is -0.868. The van der Waals surface area contributed by atoms with Crippen molar-refractivity contribution in [3.05, 3.63) is 52.7 Å². The van der Waals surface area contributed by atoms with Crippen LogP contribution in [0.25, 0.3) is 0 Å². The zero-order valence-corrected chi connectivity index (χ0v) is 15.4. The molecule has 3 heterocycles. The van der Waals surface area contributed by atoms with Gasteiger partial charge in [-0.2, -0.15) is 0 Å². The number of rotatable bonds is 4. The molecular weight excluding hydrogens is 349 g/mol. The van der Waals surface area contributed by atoms with Crippen LogP contribution in [0.4, 0.5) is 4.39 Å². The second-order valence-electron chi connectivity index (χ2n) is 7.49. The Labute approximate surface area is 156 Å². The Morgan fingerprint density at radius 2 is 2.11 bits per heavy atom. The highest BCUT2D eigenvalue weighted by Gasteiger charge is 2.53. The predicted octanol–water partition coefficient (Wildman–Crippen LogP) is 2.38. The van der Waals surface area contributed by atoms with Crippen molar-refractivity contribution >= 4 is 11.8 Å². The van der Waals surface area contributed by atoms with Gasteiger partial charge in [0.1, 0.15) is 11.6 Å². The number of halogens is 1. The molecule has 1 aromatic heterocycles. The van der Waals surface area contributed by atoms with Crippen molar-refractivity contribution in [3.8, 4) is 0 Å². The summed E-state index contributed by atoms with van der Waals surface area (Å²) in [6.45, 7) is 4.27. The Morgan fingerprint density at radius 3 is 2.74 bits per heavy atom. The first-order chi connectivity index (χ1) is 12.9. The first-order valence-corrected chi connectivity index (χ1v) is 9.16. The fourth-order valence-electron chi connectivity index (χ4n) is 4.35. The molecule has 2 saturated heterocycles. The third-order valence-electron chi connectivity index (χ3n) is 5.92. The van der Waals surface area contributed by atoms with E-state index in [1.54, 1.807) is 17.0 Å². The number of carbonyl (C=O) groups is 2. The summed E-state index contributed by atoms with van der Waals surface area (Å²) in [5.74, 6) is 0.254. The van der Waals surface area contributed by atoms with Crippen LogP contribution in [-0.2, 0) is 21.5 Å². The highest BCUT2D eigenvalue weighted by Crippen LogP contribution is 2.43. The molecule has 0 aliphatic carbocycles. The van der Waals surface area contributed by atoms with Gasteiger partial charge in [0.25, 0.3) is 0 Å². The molecule has 2 aliphatic heterocycles. The normalized spacial score (nSPS) is 24.3. The van der Waals surface area contributed by atoms with Gasteiger partial charge in [-0.1, -0.05) is 17.3 Å². The Kier molecular flexibility index (Phi) is 4.25. The second kappa shape index (κ2) is 6.48. The molecule has 2 aliphatic rings. The SMILES string of the molecule is Cc1noc(C)c1CNC(=O)[C@@]1(c2ccc(F)cc2)C[C@@H]2CCC(=O)N2C1. The molecule has 4 rings (SSSR count). The van der Waals surface area contributed by atoms with Crippen LogP contribution in [0.1, 0.15) is 41.8 Å². The molecule has 2 atom stereocenters. The Hall–Kier alpha value is -2.70. The summed E-state index contributed by atoms with van der Waals surface area (Å²) < 4.78 is 18.6. The largest absolute Gasteiger partial charge is 0.361 e. The van der Waals surface area contributed by atoms with E-state index in [0.717, 1.165) is 23.2 Å². The minimum absolute atomic E-state index is 0.0624. The van der Waals surface area contributed by atoms with Gasteiger partial charge >= 0.3 is 0 Å². The number of nitrogens with one attached hydrogen (secondary N) is 1. The lowest BCUT2D eigenvalue weighted by molar-refractivity contribution is -0.129. The number of amides is 2. The van der Waals surface area contributed by atoms with Crippen LogP contribution in [0.2, 0.25) is 0 Å². The zero-order chi connectivity index (χ0) is 19.2. The molecule has 27 heavy (non-hydrogen) atoms. The average molecular weight is 371 g/mol. The average Bonchev–Trinajstić information content (AvgIpc) is 3.29. The van der Waals surface area contributed by atoms with Crippen LogP contribution < -0.4 is 5.32 Å². The second-order valence-corrected chi connectivity index (χ2v) is 7.49. The van der Waals surface area contributed by atoms with Crippen molar-refractivity contribution in [1.82, 2.24) is 15.4 Å². The van der Waals surface area contributed by atoms with Gasteiger partial charge in [0, 0.05) is 31.1 Å². The number of fused-ring (bicyclic) bond motifs is 1. The van der Waals surface area contributed by atoms with Crippen molar-refractivity contribution in [2.75, 3.05) is 6.54 Å². The number of nitrogens with zero attached hydrogens (tertiary/aromatic N) is 2. The molecule has 0 unspecified atom stereocenters. The number of aryl methyl sites for hydroxylation is 2. The van der Waals surface area contributed by atoms with Crippen LogP contribution in [0.5, 0.6) is 0 Å². The number of carbonyl (C=O) groups excluding carboxylic acids is 2. The van der Waals surface area contributed by atoms with E-state index in [-0.39, 0.29) is 23.7 Å². The zero-order valence-electron chi connectivity index (χ0n) is 15.4. The van der Waals surface area contributed by atoms with Gasteiger partial charge < -0.3 is 14.7 Å². The van der Waals surface area contributed by atoms with Gasteiger partial charge in [0.05, 0.1) is 11.1 Å². The van der Waals surface area contributed by atoms with Crippen LogP contribution >= 0.6 is 0 Å². The number of hydrogen-bond donors (Lipinski definition) is 1. The highest BCUT2D eigenvalue weighted by molar-refractivity contribution is 5.91. The predicted molar refractivity (Wildman–Crippen MR) is 95.3 cm³/mol. The van der Waals surface area contributed by atoms with Gasteiger partial charge in [0.15, 0.2) is 0 Å². The molecule has 0 bridgehead atoms. The monoisotopic (exact) mass is 371 g/mol. The van der Waals surface area contributed by atoms with Crippen LogP contribution in [0.15, 0.2) is 28.8 Å². The standard InChI is InChI=1S/C20H22FN3O3/c1-12-17(13(2)27-23-12)10-22-19(26)20(14-3-5-15(21)6-4-14)9-16-7-8-18(25)24(16)11-20/h3-6,16H,7-11H2,1-2H3,(H,22,26)/t16-,20-/m0/s1. The molecule has 0 saturated carbocycles. The third-order valence-corrected chi connectivity index (χ3v) is 5.92. The maximum absolute atomic E-state index is 13.4. The molecule has 2 aromatic rings. The third kappa shape index (κ3) is 2.91. The summed E-state index contributed by atoms with van der Waals surface area (Å²) in [6, 6.07) is 6.09. The molecule has 1 N–H and O–H groups in total. The van der Waals surface area contributed by atoms with E-state index in [2.05, 4.69) is 10.5 Å². The fraction of sp³-hybridized carbons (Fsp3) is 0.450. The van der Waals surface area contributed by atoms with E-state index < -0.39 is 5.41 Å². The molecular formula is C20H22FN3O3. The van der Waals surface area contributed by atoms with E-state index in [0.29, 0.717) is 31.7 Å². The Bertz CT molecular complexity index is 873. The highest BCUT2D eigenvalue weighted by atomic mass is 19.1. The number of aromatic nitrogens is 1. The quantitative estimate of drug-likeness (QED) is 0.895. The first-order valence-electron chi connectivity index (χ1n) is 9.16. The minimum Gasteiger partial charge on any atom is -0.361 e. The molecule has 7 heteroatoms. The molecule has 0 spiro atoms. The van der Waals surface area contributed by atoms with Crippen molar-refractivity contribution in [2.45, 2.75) is 51.1 Å². The lowest BCUT2D eigenvalue weighted by atomic mass is 9.77. The topological polar surface area (TPSA) is 75.4 Å². The molecule has 0 radical (unpaired) electrons. The van der Waals surface area contributed by atoms with E-state index in [9.17, 15) is 14.0 Å². The summed E-state index contributed by atoms with van der Waals surface area (Å²) in [5, 5.41) is 6.91. The lowest BCUT2D eigenvalue weighted by Crippen LogP contribution is -2.46. The van der Waals surface area contributed by atoms with E-state index >= 15 is 0 Å². The molecule has 1 aromatic carbocycles. The van der Waals surface area contributed by atoms with E-state index in [1.165, 1.54) is 12.1 Å². The summed E-state index contributed by atoms with van der Waals surface area (Å²) in [4.78, 5) is 27.3. The first kappa shape index (κ1) is 17.7. The van der Waals surface area contributed by atoms with E-state index in [4.69, 9.17) is 4.52 Å².